The number of likely N-dealkylation sites (tertiary alicyclic amines) is 1. The van der Waals surface area contributed by atoms with E-state index in [4.69, 9.17) is 11.6 Å². The van der Waals surface area contributed by atoms with E-state index in [0.717, 1.165) is 31.6 Å². The van der Waals surface area contributed by atoms with Crippen LogP contribution >= 0.6 is 11.6 Å². The zero-order chi connectivity index (χ0) is 19.3. The maximum Gasteiger partial charge on any atom is 0.391 e. The predicted octanol–water partition coefficient (Wildman–Crippen LogP) is 5.32. The number of fused-ring (bicyclic) bond motifs is 2. The van der Waals surface area contributed by atoms with E-state index < -0.39 is 12.1 Å². The maximum atomic E-state index is 13.0. The lowest BCUT2D eigenvalue weighted by Gasteiger charge is -2.55. The molecule has 3 nitrogen and oxygen atoms in total. The van der Waals surface area contributed by atoms with Gasteiger partial charge in [-0.25, -0.2) is 4.79 Å². The Morgan fingerprint density at radius 3 is 2.30 bits per heavy atom. The number of carbonyl (C=O) groups is 1. The van der Waals surface area contributed by atoms with E-state index in [1.54, 1.807) is 4.90 Å². The molecule has 7 heteroatoms. The van der Waals surface area contributed by atoms with Crippen LogP contribution in [0.5, 0.6) is 0 Å². The molecule has 5 unspecified atom stereocenters. The van der Waals surface area contributed by atoms with E-state index in [2.05, 4.69) is 12.2 Å². The lowest BCUT2D eigenvalue weighted by Crippen LogP contribution is -2.67. The maximum absolute atomic E-state index is 13.0. The molecule has 2 bridgehead atoms. The lowest BCUT2D eigenvalue weighted by atomic mass is 9.73. The Hall–Kier alpha value is -0.650. The molecule has 4 rings (SSSR count). The largest absolute Gasteiger partial charge is 0.391 e. The number of nitrogens with one attached hydrogen (secondary N) is 1. The van der Waals surface area contributed by atoms with Crippen LogP contribution in [0.2, 0.25) is 0 Å². The second-order valence-corrected chi connectivity index (χ2v) is 10.0. The Balaban J connectivity index is 1.31. The van der Waals surface area contributed by atoms with E-state index in [-0.39, 0.29) is 42.4 Å². The minimum atomic E-state index is -4.14. The van der Waals surface area contributed by atoms with Gasteiger partial charge in [0.1, 0.15) is 0 Å². The highest BCUT2D eigenvalue weighted by atomic mass is 35.5. The van der Waals surface area contributed by atoms with Gasteiger partial charge in [-0.15, -0.1) is 11.6 Å². The number of halogens is 4. The molecule has 1 saturated heterocycles. The third-order valence-corrected chi connectivity index (χ3v) is 8.16. The molecule has 2 amide bonds. The SMILES string of the molecule is C[C@H]1CC[C@@H](C2CC(NC(=O)N3C4CC3CC(C(F)(F)F)C4)CCC2Cl)C1. The molecule has 0 spiro atoms. The average molecular weight is 407 g/mol. The van der Waals surface area contributed by atoms with Gasteiger partial charge in [0.25, 0.3) is 0 Å². The number of nitrogens with zero attached hydrogens (tertiary/aromatic N) is 1. The summed E-state index contributed by atoms with van der Waals surface area (Å²) < 4.78 is 38.9. The van der Waals surface area contributed by atoms with Crippen LogP contribution in [-0.4, -0.2) is 40.6 Å². The van der Waals surface area contributed by atoms with E-state index in [1.807, 2.05) is 0 Å². The van der Waals surface area contributed by atoms with Crippen molar-refractivity contribution < 1.29 is 18.0 Å². The Bertz CT molecular complexity index is 560. The molecule has 4 fully saturated rings. The Morgan fingerprint density at radius 1 is 1.00 bits per heavy atom. The Morgan fingerprint density at radius 2 is 1.70 bits per heavy atom. The highest BCUT2D eigenvalue weighted by molar-refractivity contribution is 6.20. The normalized spacial score (nSPS) is 44.7. The van der Waals surface area contributed by atoms with Crippen LogP contribution in [0.4, 0.5) is 18.0 Å². The van der Waals surface area contributed by atoms with Gasteiger partial charge in [0, 0.05) is 23.5 Å². The third-order valence-electron chi connectivity index (χ3n) is 7.62. The highest BCUT2D eigenvalue weighted by Gasteiger charge is 2.55. The van der Waals surface area contributed by atoms with Crippen molar-refractivity contribution in [1.29, 1.82) is 0 Å². The van der Waals surface area contributed by atoms with Crippen molar-refractivity contribution in [3.8, 4) is 0 Å². The molecule has 0 radical (unpaired) electrons. The van der Waals surface area contributed by atoms with Crippen LogP contribution in [0.3, 0.4) is 0 Å². The van der Waals surface area contributed by atoms with Gasteiger partial charge in [0.05, 0.1) is 5.92 Å². The summed E-state index contributed by atoms with van der Waals surface area (Å²) in [5.41, 5.74) is 0. The van der Waals surface area contributed by atoms with Gasteiger partial charge < -0.3 is 10.2 Å². The van der Waals surface area contributed by atoms with E-state index in [9.17, 15) is 18.0 Å². The molecule has 7 atom stereocenters. The van der Waals surface area contributed by atoms with E-state index in [1.165, 1.54) is 19.3 Å². The van der Waals surface area contributed by atoms with E-state index >= 15 is 0 Å². The van der Waals surface area contributed by atoms with Gasteiger partial charge in [-0.3, -0.25) is 0 Å². The molecule has 0 aromatic rings. The first-order valence-corrected chi connectivity index (χ1v) is 11.0. The molecule has 4 aliphatic rings. The number of piperidine rings is 1. The number of urea groups is 1. The zero-order valence-electron chi connectivity index (χ0n) is 15.9. The molecule has 27 heavy (non-hydrogen) atoms. The monoisotopic (exact) mass is 406 g/mol. The molecule has 154 valence electrons. The number of hydrogen-bond acceptors (Lipinski definition) is 1. The lowest BCUT2D eigenvalue weighted by molar-refractivity contribution is -0.206. The molecule has 0 aromatic heterocycles. The number of hydrogen-bond donors (Lipinski definition) is 1. The molecular formula is C20H30ClF3N2O. The van der Waals surface area contributed by atoms with Crippen molar-refractivity contribution in [3.05, 3.63) is 0 Å². The summed E-state index contributed by atoms with van der Waals surface area (Å²) in [6, 6.07) is -0.543. The van der Waals surface area contributed by atoms with Crippen LogP contribution in [0.25, 0.3) is 0 Å². The first kappa shape index (κ1) is 19.7. The molecule has 3 aliphatic carbocycles. The Labute approximate surface area is 164 Å². The van der Waals surface area contributed by atoms with Crippen LogP contribution in [-0.2, 0) is 0 Å². The van der Waals surface area contributed by atoms with Gasteiger partial charge in [-0.1, -0.05) is 13.3 Å². The molecule has 1 N–H and O–H groups in total. The minimum Gasteiger partial charge on any atom is -0.335 e. The summed E-state index contributed by atoms with van der Waals surface area (Å²) >= 11 is 6.62. The van der Waals surface area contributed by atoms with Crippen LogP contribution in [0, 0.1) is 23.7 Å². The average Bonchev–Trinajstić information content (AvgIpc) is 3.02. The number of alkyl halides is 4. The summed E-state index contributed by atoms with van der Waals surface area (Å²) in [5, 5.41) is 3.32. The van der Waals surface area contributed by atoms with Gasteiger partial charge in [0.15, 0.2) is 0 Å². The second kappa shape index (κ2) is 7.31. The highest BCUT2D eigenvalue weighted by Crippen LogP contribution is 2.48. The second-order valence-electron chi connectivity index (χ2n) is 9.48. The van der Waals surface area contributed by atoms with E-state index in [0.29, 0.717) is 11.8 Å². The molecular weight excluding hydrogens is 377 g/mol. The van der Waals surface area contributed by atoms with Crippen LogP contribution < -0.4 is 5.32 Å². The van der Waals surface area contributed by atoms with Gasteiger partial charge in [-0.2, -0.15) is 13.2 Å². The number of amides is 2. The van der Waals surface area contributed by atoms with Gasteiger partial charge >= 0.3 is 12.2 Å². The fourth-order valence-corrected chi connectivity index (χ4v) is 6.58. The summed E-state index contributed by atoms with van der Waals surface area (Å²) in [7, 11) is 0. The molecule has 1 aliphatic heterocycles. The fraction of sp³-hybridized carbons (Fsp3) is 0.950. The summed E-state index contributed by atoms with van der Waals surface area (Å²) in [6.07, 6.45) is 3.10. The minimum absolute atomic E-state index is 0.0599. The van der Waals surface area contributed by atoms with Crippen molar-refractivity contribution in [2.45, 2.75) is 94.4 Å². The van der Waals surface area contributed by atoms with Crippen LogP contribution in [0.15, 0.2) is 0 Å². The van der Waals surface area contributed by atoms with Crippen LogP contribution in [0.1, 0.15) is 64.7 Å². The molecule has 0 aromatic carbocycles. The standard InChI is InChI=1S/C20H30ClF3N2O/c1-11-2-3-12(6-11)17-9-14(4-5-18(17)21)25-19(27)26-15-7-13(20(22,23)24)8-16(26)10-15/h11-18H,2-10H2,1H3,(H,25,27)/t11-,12+,13?,14?,15?,16?,17?,18?/m0/s1. The van der Waals surface area contributed by atoms with Crippen molar-refractivity contribution in [3.63, 3.8) is 0 Å². The predicted molar refractivity (Wildman–Crippen MR) is 98.6 cm³/mol. The quantitative estimate of drug-likeness (QED) is 0.618. The number of rotatable bonds is 2. The smallest absolute Gasteiger partial charge is 0.335 e. The fourth-order valence-electron chi connectivity index (χ4n) is 6.15. The van der Waals surface area contributed by atoms with Crippen molar-refractivity contribution in [2.75, 3.05) is 0 Å². The Kier molecular flexibility index (Phi) is 5.32. The van der Waals surface area contributed by atoms with Crippen molar-refractivity contribution in [1.82, 2.24) is 10.2 Å². The number of carbonyl (C=O) groups excluding carboxylic acids is 1. The summed E-state index contributed by atoms with van der Waals surface area (Å²) in [4.78, 5) is 14.4. The van der Waals surface area contributed by atoms with Gasteiger partial charge in [-0.05, 0) is 69.1 Å². The molecule has 1 heterocycles. The first-order valence-electron chi connectivity index (χ1n) is 10.5. The summed E-state index contributed by atoms with van der Waals surface area (Å²) in [5.74, 6) is 0.612. The van der Waals surface area contributed by atoms with Crippen molar-refractivity contribution >= 4 is 17.6 Å². The van der Waals surface area contributed by atoms with Crippen molar-refractivity contribution in [2.24, 2.45) is 23.7 Å². The van der Waals surface area contributed by atoms with Gasteiger partial charge in [0.2, 0.25) is 0 Å². The third kappa shape index (κ3) is 3.92. The molecule has 3 saturated carbocycles. The topological polar surface area (TPSA) is 32.3 Å². The summed E-state index contributed by atoms with van der Waals surface area (Å²) in [6.45, 7) is 2.29. The first-order chi connectivity index (χ1) is 12.7. The zero-order valence-corrected chi connectivity index (χ0v) is 16.6.